The van der Waals surface area contributed by atoms with Gasteiger partial charge in [0.1, 0.15) is 0 Å². The van der Waals surface area contributed by atoms with E-state index in [0.29, 0.717) is 6.42 Å². The van der Waals surface area contributed by atoms with Crippen molar-refractivity contribution in [2.24, 2.45) is 11.7 Å². The molecule has 1 atom stereocenters. The lowest BCUT2D eigenvalue weighted by atomic mass is 10.0. The molecule has 0 rings (SSSR count). The molecule has 0 unspecified atom stereocenters. The zero-order valence-corrected chi connectivity index (χ0v) is 12.5. The first-order valence-corrected chi connectivity index (χ1v) is 7.70. The van der Waals surface area contributed by atoms with Crippen molar-refractivity contribution in [3.05, 3.63) is 11.9 Å². The van der Waals surface area contributed by atoms with Crippen LogP contribution in [0.5, 0.6) is 0 Å². The highest BCUT2D eigenvalue weighted by Crippen LogP contribution is 2.43. The summed E-state index contributed by atoms with van der Waals surface area (Å²) in [6.45, 7) is 6.50. The van der Waals surface area contributed by atoms with Crippen LogP contribution in [-0.4, -0.2) is 40.7 Å². The molecule has 8 nitrogen and oxygen atoms in total. The van der Waals surface area contributed by atoms with Crippen LogP contribution in [0.1, 0.15) is 20.3 Å². The molecule has 0 aromatic rings. The van der Waals surface area contributed by atoms with Gasteiger partial charge in [0.2, 0.25) is 11.8 Å². The van der Waals surface area contributed by atoms with Crippen LogP contribution < -0.4 is 16.4 Å². The van der Waals surface area contributed by atoms with Crippen LogP contribution in [0, 0.1) is 5.92 Å². The van der Waals surface area contributed by atoms with Gasteiger partial charge >= 0.3 is 7.60 Å². The van der Waals surface area contributed by atoms with Crippen molar-refractivity contribution in [1.82, 2.24) is 10.6 Å². The number of hydrogen-bond acceptors (Lipinski definition) is 5. The van der Waals surface area contributed by atoms with Gasteiger partial charge in [-0.2, -0.15) is 0 Å². The molecule has 0 saturated carbocycles. The zero-order valence-electron chi connectivity index (χ0n) is 11.6. The first kappa shape index (κ1) is 18.9. The third-order valence-electron chi connectivity index (χ3n) is 2.44. The molecule has 0 spiro atoms. The maximum absolute atomic E-state index is 11.8. The van der Waals surface area contributed by atoms with Gasteiger partial charge in [0, 0.05) is 11.9 Å². The fourth-order valence-electron chi connectivity index (χ4n) is 1.37. The number of carbonyl (C=O) groups excluding carboxylic acids is 2. The summed E-state index contributed by atoms with van der Waals surface area (Å²) in [7, 11) is -4.39. The molecule has 0 aromatic carbocycles. The fraction of sp³-hybridized carbons (Fsp3) is 0.636. The van der Waals surface area contributed by atoms with Crippen LogP contribution in [-0.2, 0) is 14.2 Å². The number of nitrogens with one attached hydrogen (secondary N) is 2. The zero-order chi connectivity index (χ0) is 15.9. The van der Waals surface area contributed by atoms with E-state index in [1.807, 2.05) is 13.8 Å². The van der Waals surface area contributed by atoms with Crippen molar-refractivity contribution in [3.63, 3.8) is 0 Å². The van der Waals surface area contributed by atoms with Gasteiger partial charge in [0.25, 0.3) is 0 Å². The minimum absolute atomic E-state index is 0.148. The molecule has 0 aliphatic heterocycles. The SMILES string of the molecule is C=C(CN[C@@H](CC(C)C)C(=O)NC(=O)CN)P(=O)(O)O. The highest BCUT2D eigenvalue weighted by Gasteiger charge is 2.24. The maximum Gasteiger partial charge on any atom is 0.352 e. The van der Waals surface area contributed by atoms with E-state index in [9.17, 15) is 14.2 Å². The first-order chi connectivity index (χ1) is 9.07. The number of amides is 2. The Morgan fingerprint density at radius 2 is 1.90 bits per heavy atom. The molecular formula is C11H22N3O5P. The standard InChI is InChI=1S/C11H22N3O5P/c1-7(2)4-9(11(16)14-10(15)5-12)13-6-8(3)20(17,18)19/h7,9,13H,3-6,12H2,1-2H3,(H,14,15,16)(H2,17,18,19)/t9-/m0/s1. The Bertz CT molecular complexity index is 418. The molecule has 0 radical (unpaired) electrons. The molecule has 116 valence electrons. The molecule has 0 bridgehead atoms. The monoisotopic (exact) mass is 307 g/mol. The van der Waals surface area contributed by atoms with Gasteiger partial charge in [0.05, 0.1) is 12.6 Å². The minimum atomic E-state index is -4.39. The average Bonchev–Trinajstić information content (AvgIpc) is 2.31. The molecule has 0 aromatic heterocycles. The van der Waals surface area contributed by atoms with E-state index in [1.54, 1.807) is 0 Å². The molecule has 6 N–H and O–H groups in total. The summed E-state index contributed by atoms with van der Waals surface area (Å²) < 4.78 is 10.9. The molecule has 0 aliphatic rings. The van der Waals surface area contributed by atoms with Gasteiger partial charge in [-0.05, 0) is 12.3 Å². The predicted octanol–water partition coefficient (Wildman–Crippen LogP) is -0.716. The summed E-state index contributed by atoms with van der Waals surface area (Å²) in [5, 5.41) is 4.48. The largest absolute Gasteiger partial charge is 0.352 e. The summed E-state index contributed by atoms with van der Waals surface area (Å²) in [5.74, 6) is -1.04. The number of rotatable bonds is 8. The molecule has 0 heterocycles. The number of nitrogens with two attached hydrogens (primary N) is 1. The minimum Gasteiger partial charge on any atom is -0.322 e. The lowest BCUT2D eigenvalue weighted by Crippen LogP contribution is -2.48. The smallest absolute Gasteiger partial charge is 0.322 e. The summed E-state index contributed by atoms with van der Waals surface area (Å²) in [6, 6.07) is -0.756. The van der Waals surface area contributed by atoms with Crippen LogP contribution in [0.3, 0.4) is 0 Å². The van der Waals surface area contributed by atoms with Crippen LogP contribution in [0.4, 0.5) is 0 Å². The second-order valence-electron chi connectivity index (χ2n) is 4.79. The summed E-state index contributed by atoms with van der Waals surface area (Å²) in [5.41, 5.74) is 5.10. The molecule has 0 fully saturated rings. The Labute approximate surface area is 118 Å². The van der Waals surface area contributed by atoms with Crippen molar-refractivity contribution < 1.29 is 23.9 Å². The fourth-order valence-corrected chi connectivity index (χ4v) is 1.67. The van der Waals surface area contributed by atoms with Gasteiger partial charge in [-0.15, -0.1) is 0 Å². The van der Waals surface area contributed by atoms with Gasteiger partial charge in [-0.1, -0.05) is 20.4 Å². The number of hydrogen-bond donors (Lipinski definition) is 5. The third kappa shape index (κ3) is 7.52. The Balaban J connectivity index is 4.65. The lowest BCUT2D eigenvalue weighted by molar-refractivity contribution is -0.131. The molecule has 0 saturated heterocycles. The van der Waals surface area contributed by atoms with E-state index in [-0.39, 0.29) is 24.3 Å². The van der Waals surface area contributed by atoms with Gasteiger partial charge in [-0.25, -0.2) is 0 Å². The Hall–Kier alpha value is -1.05. The second-order valence-corrected chi connectivity index (χ2v) is 6.51. The van der Waals surface area contributed by atoms with E-state index in [2.05, 4.69) is 17.2 Å². The van der Waals surface area contributed by atoms with E-state index in [1.165, 1.54) is 0 Å². The molecular weight excluding hydrogens is 285 g/mol. The molecule has 2 amide bonds. The van der Waals surface area contributed by atoms with Gasteiger partial charge in [-0.3, -0.25) is 19.5 Å². The summed E-state index contributed by atoms with van der Waals surface area (Å²) in [6.07, 6.45) is 0.401. The van der Waals surface area contributed by atoms with E-state index in [0.717, 1.165) is 0 Å². The Kier molecular flexibility index (Phi) is 7.85. The van der Waals surface area contributed by atoms with Crippen molar-refractivity contribution in [2.45, 2.75) is 26.3 Å². The van der Waals surface area contributed by atoms with E-state index >= 15 is 0 Å². The topological polar surface area (TPSA) is 142 Å². The van der Waals surface area contributed by atoms with Crippen molar-refractivity contribution in [2.75, 3.05) is 13.1 Å². The molecule has 0 aliphatic carbocycles. The van der Waals surface area contributed by atoms with E-state index in [4.69, 9.17) is 15.5 Å². The lowest BCUT2D eigenvalue weighted by Gasteiger charge is -2.20. The molecule has 20 heavy (non-hydrogen) atoms. The second kappa shape index (κ2) is 8.28. The number of carbonyl (C=O) groups is 2. The quantitative estimate of drug-likeness (QED) is 0.373. The van der Waals surface area contributed by atoms with Gasteiger partial charge in [0.15, 0.2) is 0 Å². The van der Waals surface area contributed by atoms with Crippen LogP contribution in [0.15, 0.2) is 11.9 Å². The van der Waals surface area contributed by atoms with Crippen molar-refractivity contribution >= 4 is 19.4 Å². The Morgan fingerprint density at radius 1 is 1.35 bits per heavy atom. The van der Waals surface area contributed by atoms with Gasteiger partial charge < -0.3 is 20.8 Å². The highest BCUT2D eigenvalue weighted by molar-refractivity contribution is 7.56. The van der Waals surface area contributed by atoms with Crippen LogP contribution >= 0.6 is 7.60 Å². The van der Waals surface area contributed by atoms with E-state index < -0.39 is 25.5 Å². The van der Waals surface area contributed by atoms with Crippen molar-refractivity contribution in [1.29, 1.82) is 0 Å². The maximum atomic E-state index is 11.8. The highest BCUT2D eigenvalue weighted by atomic mass is 31.2. The molecule has 9 heteroatoms. The van der Waals surface area contributed by atoms with Crippen LogP contribution in [0.2, 0.25) is 0 Å². The summed E-state index contributed by atoms with van der Waals surface area (Å²) in [4.78, 5) is 40.7. The predicted molar refractivity (Wildman–Crippen MR) is 74.6 cm³/mol. The first-order valence-electron chi connectivity index (χ1n) is 6.09. The number of imide groups is 1. The third-order valence-corrected chi connectivity index (χ3v) is 3.42. The average molecular weight is 307 g/mol. The van der Waals surface area contributed by atoms with Crippen molar-refractivity contribution in [3.8, 4) is 0 Å². The normalized spacial score (nSPS) is 13.1. The Morgan fingerprint density at radius 3 is 2.30 bits per heavy atom. The summed E-state index contributed by atoms with van der Waals surface area (Å²) >= 11 is 0. The van der Waals surface area contributed by atoms with Crippen LogP contribution in [0.25, 0.3) is 0 Å².